The second kappa shape index (κ2) is 4.86. The average Bonchev–Trinajstić information content (AvgIpc) is 3.00. The fraction of sp³-hybridized carbons (Fsp3) is 0.500. The van der Waals surface area contributed by atoms with Crippen molar-refractivity contribution in [3.05, 3.63) is 29.3 Å². The molecule has 0 bridgehead atoms. The zero-order valence-electron chi connectivity index (χ0n) is 8.53. The number of hydrogen-bond acceptors (Lipinski definition) is 2. The lowest BCUT2D eigenvalue weighted by atomic mass is 10.2. The van der Waals surface area contributed by atoms with E-state index in [0.717, 1.165) is 5.75 Å². The van der Waals surface area contributed by atoms with E-state index in [9.17, 15) is 5.11 Å². The summed E-state index contributed by atoms with van der Waals surface area (Å²) < 4.78 is 5.49. The SMILES string of the molecule is OC(CCOc1cccc(Cl)c1)C1CC1. The van der Waals surface area contributed by atoms with Crippen molar-refractivity contribution in [3.8, 4) is 5.75 Å². The van der Waals surface area contributed by atoms with Crippen LogP contribution in [0.3, 0.4) is 0 Å². The molecule has 0 spiro atoms. The Morgan fingerprint density at radius 1 is 1.47 bits per heavy atom. The van der Waals surface area contributed by atoms with Crippen LogP contribution in [0.2, 0.25) is 5.02 Å². The van der Waals surface area contributed by atoms with Gasteiger partial charge in [0.25, 0.3) is 0 Å². The molecule has 0 aromatic heterocycles. The van der Waals surface area contributed by atoms with Crippen LogP contribution >= 0.6 is 11.6 Å². The molecule has 0 amide bonds. The normalized spacial score (nSPS) is 17.5. The molecular weight excluding hydrogens is 212 g/mol. The molecular formula is C12H15ClO2. The van der Waals surface area contributed by atoms with Gasteiger partial charge < -0.3 is 9.84 Å². The first-order valence-corrected chi connectivity index (χ1v) is 5.70. The highest BCUT2D eigenvalue weighted by atomic mass is 35.5. The number of benzene rings is 1. The number of hydrogen-bond donors (Lipinski definition) is 1. The van der Waals surface area contributed by atoms with Crippen molar-refractivity contribution >= 4 is 11.6 Å². The Labute approximate surface area is 94.8 Å². The third-order valence-electron chi connectivity index (χ3n) is 2.64. The van der Waals surface area contributed by atoms with E-state index in [-0.39, 0.29) is 6.10 Å². The van der Waals surface area contributed by atoms with Crippen molar-refractivity contribution in [3.63, 3.8) is 0 Å². The van der Waals surface area contributed by atoms with Crippen molar-refractivity contribution < 1.29 is 9.84 Å². The lowest BCUT2D eigenvalue weighted by Crippen LogP contribution is -2.13. The fourth-order valence-corrected chi connectivity index (χ4v) is 1.75. The van der Waals surface area contributed by atoms with Gasteiger partial charge in [0, 0.05) is 11.4 Å². The molecule has 1 N–H and O–H groups in total. The zero-order valence-corrected chi connectivity index (χ0v) is 9.28. The molecule has 1 aromatic carbocycles. The second-order valence-corrected chi connectivity index (χ2v) is 4.44. The van der Waals surface area contributed by atoms with Crippen molar-refractivity contribution in [2.24, 2.45) is 5.92 Å². The predicted octanol–water partition coefficient (Wildman–Crippen LogP) is 2.88. The molecule has 0 heterocycles. The molecule has 0 aliphatic heterocycles. The molecule has 2 nitrogen and oxygen atoms in total. The molecule has 0 saturated heterocycles. The highest BCUT2D eigenvalue weighted by Gasteiger charge is 2.29. The van der Waals surface area contributed by atoms with Crippen molar-refractivity contribution in [2.75, 3.05) is 6.61 Å². The Kier molecular flexibility index (Phi) is 3.49. The van der Waals surface area contributed by atoms with Crippen LogP contribution in [0.1, 0.15) is 19.3 Å². The quantitative estimate of drug-likeness (QED) is 0.837. The number of ether oxygens (including phenoxy) is 1. The van der Waals surface area contributed by atoms with Crippen LogP contribution in [-0.4, -0.2) is 17.8 Å². The maximum absolute atomic E-state index is 9.62. The van der Waals surface area contributed by atoms with Gasteiger partial charge in [-0.3, -0.25) is 0 Å². The first-order chi connectivity index (χ1) is 7.25. The van der Waals surface area contributed by atoms with Crippen molar-refractivity contribution in [2.45, 2.75) is 25.4 Å². The molecule has 1 aromatic rings. The van der Waals surface area contributed by atoms with E-state index in [4.69, 9.17) is 16.3 Å². The molecule has 15 heavy (non-hydrogen) atoms. The smallest absolute Gasteiger partial charge is 0.120 e. The first-order valence-electron chi connectivity index (χ1n) is 5.32. The maximum Gasteiger partial charge on any atom is 0.120 e. The van der Waals surface area contributed by atoms with Crippen LogP contribution in [0.5, 0.6) is 5.75 Å². The number of aliphatic hydroxyl groups excluding tert-OH is 1. The average molecular weight is 227 g/mol. The van der Waals surface area contributed by atoms with Gasteiger partial charge in [-0.25, -0.2) is 0 Å². The first kappa shape index (κ1) is 10.8. The summed E-state index contributed by atoms with van der Waals surface area (Å²) in [5, 5.41) is 10.3. The summed E-state index contributed by atoms with van der Waals surface area (Å²) in [6.45, 7) is 0.554. The summed E-state index contributed by atoms with van der Waals surface area (Å²) in [5.74, 6) is 1.29. The Balaban J connectivity index is 1.73. The molecule has 1 aliphatic rings. The van der Waals surface area contributed by atoms with E-state index >= 15 is 0 Å². The van der Waals surface area contributed by atoms with Gasteiger partial charge in [-0.05, 0) is 37.0 Å². The third-order valence-corrected chi connectivity index (χ3v) is 2.88. The summed E-state index contributed by atoms with van der Waals surface area (Å²) in [4.78, 5) is 0. The van der Waals surface area contributed by atoms with Gasteiger partial charge in [-0.1, -0.05) is 17.7 Å². The number of rotatable bonds is 5. The third kappa shape index (κ3) is 3.40. The van der Waals surface area contributed by atoms with Crippen LogP contribution in [0, 0.1) is 5.92 Å². The minimum atomic E-state index is -0.191. The molecule has 0 radical (unpaired) electrons. The molecule has 1 fully saturated rings. The Bertz CT molecular complexity index is 323. The Morgan fingerprint density at radius 2 is 2.27 bits per heavy atom. The van der Waals surface area contributed by atoms with Gasteiger partial charge in [0.15, 0.2) is 0 Å². The number of aliphatic hydroxyl groups is 1. The molecule has 2 rings (SSSR count). The van der Waals surface area contributed by atoms with Crippen LogP contribution in [0.4, 0.5) is 0 Å². The van der Waals surface area contributed by atoms with E-state index in [2.05, 4.69) is 0 Å². The zero-order chi connectivity index (χ0) is 10.7. The largest absolute Gasteiger partial charge is 0.493 e. The molecule has 1 aliphatic carbocycles. The second-order valence-electron chi connectivity index (χ2n) is 4.00. The van der Waals surface area contributed by atoms with E-state index < -0.39 is 0 Å². The molecule has 1 unspecified atom stereocenters. The van der Waals surface area contributed by atoms with E-state index in [1.807, 2.05) is 18.2 Å². The number of halogens is 1. The van der Waals surface area contributed by atoms with Crippen LogP contribution < -0.4 is 4.74 Å². The Morgan fingerprint density at radius 3 is 2.93 bits per heavy atom. The van der Waals surface area contributed by atoms with Crippen LogP contribution in [0.25, 0.3) is 0 Å². The van der Waals surface area contributed by atoms with Crippen molar-refractivity contribution in [1.82, 2.24) is 0 Å². The van der Waals surface area contributed by atoms with Gasteiger partial charge in [-0.15, -0.1) is 0 Å². The topological polar surface area (TPSA) is 29.5 Å². The lowest BCUT2D eigenvalue weighted by Gasteiger charge is -2.10. The summed E-state index contributed by atoms with van der Waals surface area (Å²) in [6.07, 6.45) is 2.84. The minimum absolute atomic E-state index is 0.191. The lowest BCUT2D eigenvalue weighted by molar-refractivity contribution is 0.119. The minimum Gasteiger partial charge on any atom is -0.493 e. The summed E-state index contributed by atoms with van der Waals surface area (Å²) in [5.41, 5.74) is 0. The summed E-state index contributed by atoms with van der Waals surface area (Å²) in [6, 6.07) is 7.32. The van der Waals surface area contributed by atoms with Gasteiger partial charge in [0.1, 0.15) is 5.75 Å². The van der Waals surface area contributed by atoms with Gasteiger partial charge in [0.05, 0.1) is 12.7 Å². The molecule has 3 heteroatoms. The van der Waals surface area contributed by atoms with Gasteiger partial charge >= 0.3 is 0 Å². The van der Waals surface area contributed by atoms with Crippen LogP contribution in [-0.2, 0) is 0 Å². The molecule has 1 atom stereocenters. The summed E-state index contributed by atoms with van der Waals surface area (Å²) in [7, 11) is 0. The van der Waals surface area contributed by atoms with Gasteiger partial charge in [0.2, 0.25) is 0 Å². The monoisotopic (exact) mass is 226 g/mol. The highest BCUT2D eigenvalue weighted by Crippen LogP contribution is 2.33. The van der Waals surface area contributed by atoms with E-state index in [1.54, 1.807) is 6.07 Å². The Hall–Kier alpha value is -0.730. The van der Waals surface area contributed by atoms with E-state index in [0.29, 0.717) is 24.0 Å². The van der Waals surface area contributed by atoms with Crippen molar-refractivity contribution in [1.29, 1.82) is 0 Å². The fourth-order valence-electron chi connectivity index (χ4n) is 1.57. The highest BCUT2D eigenvalue weighted by molar-refractivity contribution is 6.30. The summed E-state index contributed by atoms with van der Waals surface area (Å²) >= 11 is 5.82. The van der Waals surface area contributed by atoms with Gasteiger partial charge in [-0.2, -0.15) is 0 Å². The molecule has 1 saturated carbocycles. The predicted molar refractivity (Wildman–Crippen MR) is 60.3 cm³/mol. The maximum atomic E-state index is 9.62. The van der Waals surface area contributed by atoms with E-state index in [1.165, 1.54) is 12.8 Å². The van der Waals surface area contributed by atoms with Crippen LogP contribution in [0.15, 0.2) is 24.3 Å². The molecule has 82 valence electrons. The standard InChI is InChI=1S/C12H15ClO2/c13-10-2-1-3-11(8-10)15-7-6-12(14)9-4-5-9/h1-3,8-9,12,14H,4-7H2.